The second-order valence-corrected chi connectivity index (χ2v) is 6.85. The van der Waals surface area contributed by atoms with Crippen molar-refractivity contribution in [2.75, 3.05) is 5.73 Å². The van der Waals surface area contributed by atoms with Crippen molar-refractivity contribution in [3.05, 3.63) is 142 Å². The lowest BCUT2D eigenvalue weighted by Gasteiger charge is -2.18. The van der Waals surface area contributed by atoms with E-state index in [2.05, 4.69) is 0 Å². The summed E-state index contributed by atoms with van der Waals surface area (Å²) in [6.07, 6.45) is 0. The van der Waals surface area contributed by atoms with Gasteiger partial charge in [-0.1, -0.05) is 97.1 Å². The Morgan fingerprint density at radius 2 is 1.03 bits per heavy atom. The number of hydrogen-bond donors (Lipinski definition) is 1. The van der Waals surface area contributed by atoms with E-state index in [1.165, 1.54) is 0 Å². The monoisotopic (exact) mass is 392 g/mol. The molecule has 0 radical (unpaired) electrons. The molecule has 4 rings (SSSR count). The van der Waals surface area contributed by atoms with Gasteiger partial charge >= 0.3 is 0 Å². The van der Waals surface area contributed by atoms with Gasteiger partial charge in [-0.15, -0.1) is 0 Å². The van der Waals surface area contributed by atoms with Crippen LogP contribution < -0.4 is 5.73 Å². The molecule has 0 amide bonds. The highest BCUT2D eigenvalue weighted by atomic mass is 16.6. The van der Waals surface area contributed by atoms with Crippen LogP contribution in [0.3, 0.4) is 0 Å². The van der Waals surface area contributed by atoms with Gasteiger partial charge in [0.1, 0.15) is 5.69 Å². The second kappa shape index (κ2) is 8.45. The van der Waals surface area contributed by atoms with Gasteiger partial charge in [0.2, 0.25) is 0 Å². The van der Waals surface area contributed by atoms with Crippen molar-refractivity contribution in [2.24, 2.45) is 0 Å². The van der Waals surface area contributed by atoms with Crippen LogP contribution in [0.2, 0.25) is 0 Å². The van der Waals surface area contributed by atoms with E-state index in [4.69, 9.17) is 5.73 Å². The van der Waals surface area contributed by atoms with E-state index >= 15 is 0 Å². The van der Waals surface area contributed by atoms with E-state index in [9.17, 15) is 10.1 Å². The SMILES string of the molecule is Nc1cccc(C(=C(c2ccccc2)c2ccccc2)c2ccccc2)c1[N+](=O)[O-]. The average Bonchev–Trinajstić information content (AvgIpc) is 2.78. The first-order valence-corrected chi connectivity index (χ1v) is 9.60. The third-order valence-electron chi connectivity index (χ3n) is 4.96. The van der Waals surface area contributed by atoms with Crippen molar-refractivity contribution in [3.8, 4) is 0 Å². The van der Waals surface area contributed by atoms with E-state index in [-0.39, 0.29) is 11.4 Å². The Morgan fingerprint density at radius 3 is 1.47 bits per heavy atom. The fourth-order valence-electron chi connectivity index (χ4n) is 3.67. The molecule has 4 nitrogen and oxygen atoms in total. The average molecular weight is 392 g/mol. The number of hydrogen-bond acceptors (Lipinski definition) is 3. The number of rotatable bonds is 5. The Hall–Kier alpha value is -4.18. The van der Waals surface area contributed by atoms with Gasteiger partial charge < -0.3 is 5.73 Å². The van der Waals surface area contributed by atoms with Gasteiger partial charge in [-0.05, 0) is 34.4 Å². The fraction of sp³-hybridized carbons (Fsp3) is 0. The minimum Gasteiger partial charge on any atom is -0.393 e. The van der Waals surface area contributed by atoms with Crippen molar-refractivity contribution in [1.82, 2.24) is 0 Å². The molecule has 0 bridgehead atoms. The summed E-state index contributed by atoms with van der Waals surface area (Å²) in [6, 6.07) is 34.7. The number of nitrogen functional groups attached to an aromatic ring is 1. The van der Waals surface area contributed by atoms with Crippen LogP contribution in [0.1, 0.15) is 22.3 Å². The van der Waals surface area contributed by atoms with Crippen LogP contribution in [0, 0.1) is 10.1 Å². The summed E-state index contributed by atoms with van der Waals surface area (Å²) in [5, 5.41) is 12.0. The molecule has 4 aromatic carbocycles. The molecule has 0 heterocycles. The predicted molar refractivity (Wildman–Crippen MR) is 122 cm³/mol. The molecule has 0 unspecified atom stereocenters. The molecule has 30 heavy (non-hydrogen) atoms. The maximum absolute atomic E-state index is 12.0. The number of nitrogens with zero attached hydrogens (tertiary/aromatic N) is 1. The van der Waals surface area contributed by atoms with Crippen molar-refractivity contribution >= 4 is 22.5 Å². The Bertz CT molecular complexity index is 1160. The van der Waals surface area contributed by atoms with E-state index in [1.54, 1.807) is 18.2 Å². The maximum atomic E-state index is 12.0. The highest BCUT2D eigenvalue weighted by molar-refractivity contribution is 6.06. The van der Waals surface area contributed by atoms with Gasteiger partial charge in [-0.25, -0.2) is 0 Å². The Kier molecular flexibility index (Phi) is 5.39. The van der Waals surface area contributed by atoms with Crippen LogP contribution in [0.5, 0.6) is 0 Å². The first kappa shape index (κ1) is 19.2. The number of para-hydroxylation sites is 1. The molecule has 0 aliphatic heterocycles. The molecular weight excluding hydrogens is 372 g/mol. The Labute approximate surface area is 175 Å². The van der Waals surface area contributed by atoms with E-state index in [0.29, 0.717) is 5.56 Å². The third-order valence-corrected chi connectivity index (χ3v) is 4.96. The molecule has 0 spiro atoms. The summed E-state index contributed by atoms with van der Waals surface area (Å²) in [5.74, 6) is 0. The summed E-state index contributed by atoms with van der Waals surface area (Å²) in [7, 11) is 0. The normalized spacial score (nSPS) is 10.4. The largest absolute Gasteiger partial charge is 0.393 e. The molecule has 2 N–H and O–H groups in total. The standard InChI is InChI=1S/C26H20N2O2/c27-23-18-10-17-22(26(23)28(29)30)25(21-15-8-3-9-16-21)24(19-11-4-1-5-12-19)20-13-6-2-7-14-20/h1-18H,27H2. The minimum absolute atomic E-state index is 0.0827. The van der Waals surface area contributed by atoms with Crippen molar-refractivity contribution in [2.45, 2.75) is 0 Å². The van der Waals surface area contributed by atoms with Gasteiger partial charge in [0, 0.05) is 5.57 Å². The number of nitro benzene ring substituents is 1. The zero-order chi connectivity index (χ0) is 20.9. The molecule has 4 heteroatoms. The molecule has 0 saturated carbocycles. The van der Waals surface area contributed by atoms with Crippen LogP contribution in [0.25, 0.3) is 11.1 Å². The number of benzene rings is 4. The lowest BCUT2D eigenvalue weighted by atomic mass is 9.85. The van der Waals surface area contributed by atoms with E-state index in [1.807, 2.05) is 91.0 Å². The molecule has 0 aromatic heterocycles. The number of anilines is 1. The van der Waals surface area contributed by atoms with Gasteiger partial charge in [-0.3, -0.25) is 10.1 Å². The minimum atomic E-state index is -0.402. The first-order chi connectivity index (χ1) is 14.7. The molecule has 146 valence electrons. The molecule has 4 aromatic rings. The maximum Gasteiger partial charge on any atom is 0.299 e. The van der Waals surface area contributed by atoms with Crippen LogP contribution in [-0.2, 0) is 0 Å². The van der Waals surface area contributed by atoms with Crippen molar-refractivity contribution < 1.29 is 4.92 Å². The summed E-state index contributed by atoms with van der Waals surface area (Å²) < 4.78 is 0. The molecule has 0 aliphatic rings. The van der Waals surface area contributed by atoms with Crippen molar-refractivity contribution in [3.63, 3.8) is 0 Å². The molecular formula is C26H20N2O2. The quantitative estimate of drug-likeness (QED) is 0.191. The summed E-state index contributed by atoms with van der Waals surface area (Å²) in [6.45, 7) is 0. The summed E-state index contributed by atoms with van der Waals surface area (Å²) in [5.41, 5.74) is 11.1. The van der Waals surface area contributed by atoms with E-state index in [0.717, 1.165) is 27.8 Å². The second-order valence-electron chi connectivity index (χ2n) is 6.85. The Morgan fingerprint density at radius 1 is 0.600 bits per heavy atom. The van der Waals surface area contributed by atoms with Crippen LogP contribution in [-0.4, -0.2) is 4.92 Å². The number of nitro groups is 1. The van der Waals surface area contributed by atoms with Gasteiger partial charge in [0.15, 0.2) is 0 Å². The zero-order valence-electron chi connectivity index (χ0n) is 16.2. The molecule has 0 aliphatic carbocycles. The predicted octanol–water partition coefficient (Wildman–Crippen LogP) is 6.18. The molecule has 0 fully saturated rings. The van der Waals surface area contributed by atoms with Gasteiger partial charge in [0.05, 0.1) is 10.5 Å². The van der Waals surface area contributed by atoms with Crippen molar-refractivity contribution in [1.29, 1.82) is 0 Å². The smallest absolute Gasteiger partial charge is 0.299 e. The van der Waals surface area contributed by atoms with Gasteiger partial charge in [0.25, 0.3) is 5.69 Å². The summed E-state index contributed by atoms with van der Waals surface area (Å²) >= 11 is 0. The molecule has 0 saturated heterocycles. The molecule has 0 atom stereocenters. The Balaban J connectivity index is 2.18. The lowest BCUT2D eigenvalue weighted by molar-refractivity contribution is -0.384. The third kappa shape index (κ3) is 3.71. The number of nitrogens with two attached hydrogens (primary N) is 1. The van der Waals surface area contributed by atoms with E-state index < -0.39 is 4.92 Å². The fourth-order valence-corrected chi connectivity index (χ4v) is 3.67. The van der Waals surface area contributed by atoms with Crippen LogP contribution in [0.15, 0.2) is 109 Å². The van der Waals surface area contributed by atoms with Crippen LogP contribution >= 0.6 is 0 Å². The first-order valence-electron chi connectivity index (χ1n) is 9.60. The highest BCUT2D eigenvalue weighted by Crippen LogP contribution is 2.41. The van der Waals surface area contributed by atoms with Gasteiger partial charge in [-0.2, -0.15) is 0 Å². The highest BCUT2D eigenvalue weighted by Gasteiger charge is 2.25. The lowest BCUT2D eigenvalue weighted by Crippen LogP contribution is -2.03. The van der Waals surface area contributed by atoms with Crippen LogP contribution in [0.4, 0.5) is 11.4 Å². The zero-order valence-corrected chi connectivity index (χ0v) is 16.2. The topological polar surface area (TPSA) is 69.2 Å². The summed E-state index contributed by atoms with van der Waals surface area (Å²) in [4.78, 5) is 11.6.